The summed E-state index contributed by atoms with van der Waals surface area (Å²) in [7, 11) is 1.64. The number of carbonyl (C=O) groups excluding carboxylic acids is 1. The lowest BCUT2D eigenvalue weighted by molar-refractivity contribution is -0.120. The first-order valence-corrected chi connectivity index (χ1v) is 12.7. The predicted octanol–water partition coefficient (Wildman–Crippen LogP) is 2.96. The Morgan fingerprint density at radius 3 is 2.53 bits per heavy atom. The first-order chi connectivity index (χ1) is 15.4. The molecule has 2 aliphatic heterocycles. The second-order valence-corrected chi connectivity index (χ2v) is 10.5. The summed E-state index contributed by atoms with van der Waals surface area (Å²) in [6.45, 7) is 10.9. The van der Waals surface area contributed by atoms with E-state index in [1.54, 1.807) is 35.6 Å². The highest BCUT2D eigenvalue weighted by atomic mass is 32.2. The zero-order chi connectivity index (χ0) is 23.0. The van der Waals surface area contributed by atoms with Crippen LogP contribution in [-0.2, 0) is 11.3 Å². The number of amides is 1. The molecule has 1 aromatic heterocycles. The summed E-state index contributed by atoms with van der Waals surface area (Å²) >= 11 is 9.50. The van der Waals surface area contributed by atoms with E-state index in [9.17, 15) is 9.59 Å². The average Bonchev–Trinajstić information content (AvgIpc) is 3.40. The quantitative estimate of drug-likeness (QED) is 0.444. The smallest absolute Gasteiger partial charge is 0.272 e. The van der Waals surface area contributed by atoms with Gasteiger partial charge >= 0.3 is 0 Å². The topological polar surface area (TPSA) is 54.8 Å². The van der Waals surface area contributed by atoms with Crippen LogP contribution in [-0.4, -0.2) is 39.9 Å². The van der Waals surface area contributed by atoms with Gasteiger partial charge in [-0.1, -0.05) is 47.9 Å². The molecule has 1 saturated heterocycles. The van der Waals surface area contributed by atoms with Gasteiger partial charge in [-0.05, 0) is 19.1 Å². The number of thiazole rings is 1. The summed E-state index contributed by atoms with van der Waals surface area (Å²) in [4.78, 5) is 31.7. The van der Waals surface area contributed by atoms with Crippen molar-refractivity contribution in [2.45, 2.75) is 18.4 Å². The van der Waals surface area contributed by atoms with E-state index in [2.05, 4.69) is 18.1 Å². The summed E-state index contributed by atoms with van der Waals surface area (Å²) in [5.41, 5.74) is 0.869. The van der Waals surface area contributed by atoms with Gasteiger partial charge in [0, 0.05) is 30.6 Å². The zero-order valence-corrected chi connectivity index (χ0v) is 20.9. The molecule has 0 N–H and O–H groups in total. The molecular weight excluding hydrogens is 483 g/mol. The highest BCUT2D eigenvalue weighted by molar-refractivity contribution is 8.30. The molecule has 32 heavy (non-hydrogen) atoms. The Bertz CT molecular complexity index is 1320. The van der Waals surface area contributed by atoms with Crippen LogP contribution in [0.3, 0.4) is 0 Å². The van der Waals surface area contributed by atoms with Crippen LogP contribution < -0.4 is 24.4 Å². The zero-order valence-electron chi connectivity index (χ0n) is 17.6. The van der Waals surface area contributed by atoms with Crippen molar-refractivity contribution in [3.05, 3.63) is 63.1 Å². The van der Waals surface area contributed by atoms with E-state index in [-0.39, 0.29) is 11.5 Å². The second kappa shape index (κ2) is 9.30. The molecule has 6 nitrogen and oxygen atoms in total. The number of carbonyl (C=O) groups is 1. The first kappa shape index (κ1) is 22.9. The Balaban J connectivity index is 1.97. The number of allylic oxidation sites excluding steroid dienone is 1. The molecule has 2 aliphatic rings. The molecular formula is C22H21N3O3S4. The van der Waals surface area contributed by atoms with Gasteiger partial charge in [-0.15, -0.1) is 24.5 Å². The van der Waals surface area contributed by atoms with Gasteiger partial charge in [-0.2, -0.15) is 0 Å². The number of anilines is 1. The Labute approximate surface area is 203 Å². The lowest BCUT2D eigenvalue weighted by Crippen LogP contribution is -2.35. The number of methoxy groups -OCH3 is 1. The summed E-state index contributed by atoms with van der Waals surface area (Å²) < 4.78 is 8.66. The minimum absolute atomic E-state index is 0.139. The third-order valence-electron chi connectivity index (χ3n) is 4.97. The number of aromatic nitrogens is 1. The van der Waals surface area contributed by atoms with Crippen LogP contribution in [0.4, 0.5) is 5.69 Å². The summed E-state index contributed by atoms with van der Waals surface area (Å²) in [6, 6.07) is 5.89. The molecule has 4 rings (SSSR count). The molecule has 0 spiro atoms. The van der Waals surface area contributed by atoms with Crippen molar-refractivity contribution in [3.63, 3.8) is 0 Å². The molecule has 10 heteroatoms. The van der Waals surface area contributed by atoms with Crippen molar-refractivity contribution in [3.8, 4) is 5.75 Å². The fraction of sp³-hybridized carbons (Fsp3) is 0.227. The van der Waals surface area contributed by atoms with Crippen LogP contribution >= 0.6 is 47.1 Å². The van der Waals surface area contributed by atoms with E-state index in [0.717, 1.165) is 21.4 Å². The molecule has 2 aromatic rings. The molecule has 3 heterocycles. The number of rotatable bonds is 6. The molecule has 1 fully saturated rings. The lowest BCUT2D eigenvalue weighted by Gasteiger charge is -2.17. The van der Waals surface area contributed by atoms with Crippen LogP contribution in [0.25, 0.3) is 9.93 Å². The van der Waals surface area contributed by atoms with E-state index < -0.39 is 0 Å². The number of benzene rings is 1. The molecule has 0 aliphatic carbocycles. The Hall–Kier alpha value is -2.27. The molecule has 0 unspecified atom stereocenters. The number of hydrogen-bond acceptors (Lipinski definition) is 8. The number of thiocarbonyl (C=S) groups is 1. The SMILES string of the molecule is C=CCN1C(=O)/C(=c2/s/c(=C3\Sc4ccc(OC)cc4N3CC)c(=O)n2CC=C)SC1=S. The van der Waals surface area contributed by atoms with Gasteiger partial charge in [0.15, 0.2) is 0 Å². The van der Waals surface area contributed by atoms with E-state index in [4.69, 9.17) is 17.0 Å². The van der Waals surface area contributed by atoms with Crippen molar-refractivity contribution >= 4 is 72.9 Å². The highest BCUT2D eigenvalue weighted by Crippen LogP contribution is 2.47. The van der Waals surface area contributed by atoms with Gasteiger partial charge in [0.05, 0.1) is 12.8 Å². The van der Waals surface area contributed by atoms with Gasteiger partial charge in [-0.3, -0.25) is 19.1 Å². The minimum atomic E-state index is -0.199. The summed E-state index contributed by atoms with van der Waals surface area (Å²) in [5.74, 6) is 0.564. The third kappa shape index (κ3) is 3.75. The Morgan fingerprint density at radius 1 is 1.12 bits per heavy atom. The van der Waals surface area contributed by atoms with Gasteiger partial charge < -0.3 is 9.64 Å². The third-order valence-corrected chi connectivity index (χ3v) is 9.04. The van der Waals surface area contributed by atoms with Crippen molar-refractivity contribution < 1.29 is 9.53 Å². The van der Waals surface area contributed by atoms with Gasteiger partial charge in [-0.25, -0.2) is 0 Å². The van der Waals surface area contributed by atoms with E-state index in [0.29, 0.717) is 38.1 Å². The highest BCUT2D eigenvalue weighted by Gasteiger charge is 2.34. The normalized spacial score (nSPS) is 18.9. The molecule has 1 aromatic carbocycles. The predicted molar refractivity (Wildman–Crippen MR) is 139 cm³/mol. The van der Waals surface area contributed by atoms with Crippen molar-refractivity contribution in [1.29, 1.82) is 0 Å². The number of thioether (sulfide) groups is 2. The monoisotopic (exact) mass is 503 g/mol. The van der Waals surface area contributed by atoms with Gasteiger partial charge in [0.1, 0.15) is 29.2 Å². The maximum Gasteiger partial charge on any atom is 0.272 e. The number of ether oxygens (including phenoxy) is 1. The molecule has 166 valence electrons. The fourth-order valence-corrected chi connectivity index (χ4v) is 7.41. The van der Waals surface area contributed by atoms with E-state index in [1.807, 2.05) is 25.1 Å². The van der Waals surface area contributed by atoms with Crippen LogP contribution in [0.2, 0.25) is 0 Å². The molecule has 0 saturated carbocycles. The largest absolute Gasteiger partial charge is 0.497 e. The van der Waals surface area contributed by atoms with E-state index in [1.165, 1.54) is 28.0 Å². The van der Waals surface area contributed by atoms with E-state index >= 15 is 0 Å². The second-order valence-electron chi connectivity index (χ2n) is 6.83. The molecule has 0 bridgehead atoms. The maximum atomic E-state index is 13.5. The average molecular weight is 504 g/mol. The lowest BCUT2D eigenvalue weighted by atomic mass is 10.2. The van der Waals surface area contributed by atoms with Gasteiger partial charge in [0.2, 0.25) is 0 Å². The summed E-state index contributed by atoms with van der Waals surface area (Å²) in [6.07, 6.45) is 3.30. The fourth-order valence-electron chi connectivity index (χ4n) is 3.50. The van der Waals surface area contributed by atoms with Crippen LogP contribution in [0, 0.1) is 0 Å². The van der Waals surface area contributed by atoms with Crippen molar-refractivity contribution in [2.75, 3.05) is 25.1 Å². The molecule has 0 atom stereocenters. The summed E-state index contributed by atoms with van der Waals surface area (Å²) in [5, 5.41) is 0.858. The van der Waals surface area contributed by atoms with Crippen molar-refractivity contribution in [2.24, 2.45) is 0 Å². The number of nitrogens with zero attached hydrogens (tertiary/aromatic N) is 3. The number of hydrogen-bond donors (Lipinski definition) is 0. The maximum absolute atomic E-state index is 13.5. The van der Waals surface area contributed by atoms with Crippen LogP contribution in [0.5, 0.6) is 5.75 Å². The number of fused-ring (bicyclic) bond motifs is 1. The molecule has 0 radical (unpaired) electrons. The van der Waals surface area contributed by atoms with Crippen molar-refractivity contribution in [1.82, 2.24) is 9.47 Å². The van der Waals surface area contributed by atoms with Gasteiger partial charge in [0.25, 0.3) is 11.5 Å². The first-order valence-electron chi connectivity index (χ1n) is 9.82. The van der Waals surface area contributed by atoms with Crippen LogP contribution in [0.15, 0.2) is 53.2 Å². The standard InChI is InChI=1S/C22H21N3O3S4/c1-5-10-24-18(26)16(31-21(24)17-19(27)25(11-6-2)22(29)32-17)20-23(7-3)14-12-13(28-4)8-9-15(14)30-20/h5-6,8-9,12H,1-2,7,10-11H2,3-4H3/b20-16-,21-17-. The van der Waals surface area contributed by atoms with Crippen LogP contribution in [0.1, 0.15) is 6.92 Å². The Kier molecular flexibility index (Phi) is 6.66. The molecule has 1 amide bonds. The minimum Gasteiger partial charge on any atom is -0.497 e. The Morgan fingerprint density at radius 2 is 1.88 bits per heavy atom.